The van der Waals surface area contributed by atoms with Gasteiger partial charge in [-0.1, -0.05) is 13.0 Å². The number of aromatic nitrogens is 2. The van der Waals surface area contributed by atoms with Gasteiger partial charge in [-0.15, -0.1) is 0 Å². The highest BCUT2D eigenvalue weighted by Crippen LogP contribution is 2.19. The third kappa shape index (κ3) is 2.93. The molecule has 0 fully saturated rings. The zero-order chi connectivity index (χ0) is 14.7. The topological polar surface area (TPSA) is 29.9 Å². The van der Waals surface area contributed by atoms with Crippen LogP contribution in [0.3, 0.4) is 0 Å². The third-order valence-electron chi connectivity index (χ3n) is 3.97. The van der Waals surface area contributed by atoms with Gasteiger partial charge in [0.2, 0.25) is 0 Å². The SMILES string of the molecule is CCCNCc1ccc(-n2nc(C)c(C)c2C)cc1C. The highest BCUT2D eigenvalue weighted by molar-refractivity contribution is 5.42. The van der Waals surface area contributed by atoms with Crippen LogP contribution in [0.1, 0.15) is 41.4 Å². The molecule has 2 aromatic rings. The summed E-state index contributed by atoms with van der Waals surface area (Å²) >= 11 is 0. The molecule has 0 aliphatic carbocycles. The van der Waals surface area contributed by atoms with Crippen molar-refractivity contribution < 1.29 is 0 Å². The van der Waals surface area contributed by atoms with E-state index in [1.165, 1.54) is 28.8 Å². The first-order chi connectivity index (χ1) is 9.54. The Kier molecular flexibility index (Phi) is 4.61. The maximum Gasteiger partial charge on any atom is 0.0651 e. The Morgan fingerprint density at radius 2 is 1.90 bits per heavy atom. The van der Waals surface area contributed by atoms with E-state index in [1.807, 2.05) is 4.68 Å². The molecule has 1 aromatic heterocycles. The first-order valence-electron chi connectivity index (χ1n) is 7.38. The van der Waals surface area contributed by atoms with Crippen LogP contribution in [-0.4, -0.2) is 16.3 Å². The Morgan fingerprint density at radius 1 is 1.15 bits per heavy atom. The van der Waals surface area contributed by atoms with E-state index >= 15 is 0 Å². The molecule has 1 heterocycles. The van der Waals surface area contributed by atoms with Crippen molar-refractivity contribution in [3.8, 4) is 5.69 Å². The molecule has 0 unspecified atom stereocenters. The van der Waals surface area contributed by atoms with Crippen LogP contribution >= 0.6 is 0 Å². The van der Waals surface area contributed by atoms with Gasteiger partial charge in [0.15, 0.2) is 0 Å². The zero-order valence-electron chi connectivity index (χ0n) is 13.2. The van der Waals surface area contributed by atoms with Gasteiger partial charge in [0.25, 0.3) is 0 Å². The lowest BCUT2D eigenvalue weighted by atomic mass is 10.1. The van der Waals surface area contributed by atoms with Crippen LogP contribution in [0.5, 0.6) is 0 Å². The van der Waals surface area contributed by atoms with Crippen LogP contribution in [-0.2, 0) is 6.54 Å². The van der Waals surface area contributed by atoms with Crippen molar-refractivity contribution in [3.63, 3.8) is 0 Å². The summed E-state index contributed by atoms with van der Waals surface area (Å²) in [5, 5.41) is 8.08. The molecule has 2 rings (SSSR count). The largest absolute Gasteiger partial charge is 0.313 e. The summed E-state index contributed by atoms with van der Waals surface area (Å²) in [6, 6.07) is 6.59. The quantitative estimate of drug-likeness (QED) is 0.842. The maximum atomic E-state index is 4.63. The van der Waals surface area contributed by atoms with Gasteiger partial charge >= 0.3 is 0 Å². The Balaban J connectivity index is 2.26. The molecule has 0 spiro atoms. The van der Waals surface area contributed by atoms with E-state index < -0.39 is 0 Å². The molecule has 0 saturated carbocycles. The van der Waals surface area contributed by atoms with Crippen LogP contribution < -0.4 is 5.32 Å². The summed E-state index contributed by atoms with van der Waals surface area (Å²) in [5.74, 6) is 0. The lowest BCUT2D eigenvalue weighted by molar-refractivity contribution is 0.673. The van der Waals surface area contributed by atoms with Crippen molar-refractivity contribution in [1.82, 2.24) is 15.1 Å². The third-order valence-corrected chi connectivity index (χ3v) is 3.97. The van der Waals surface area contributed by atoms with Crippen molar-refractivity contribution in [2.45, 2.75) is 47.6 Å². The van der Waals surface area contributed by atoms with Crippen molar-refractivity contribution in [3.05, 3.63) is 46.3 Å². The van der Waals surface area contributed by atoms with Crippen LogP contribution in [0, 0.1) is 27.7 Å². The molecule has 0 saturated heterocycles. The van der Waals surface area contributed by atoms with Gasteiger partial charge in [-0.05, 0) is 69.5 Å². The van der Waals surface area contributed by atoms with Crippen molar-refractivity contribution in [1.29, 1.82) is 0 Å². The predicted octanol–water partition coefficient (Wildman–Crippen LogP) is 3.61. The first-order valence-corrected chi connectivity index (χ1v) is 7.38. The van der Waals surface area contributed by atoms with Crippen LogP contribution in [0.2, 0.25) is 0 Å². The van der Waals surface area contributed by atoms with E-state index in [2.05, 4.69) is 63.2 Å². The lowest BCUT2D eigenvalue weighted by Gasteiger charge is -2.11. The van der Waals surface area contributed by atoms with Crippen molar-refractivity contribution >= 4 is 0 Å². The number of hydrogen-bond acceptors (Lipinski definition) is 2. The molecule has 0 atom stereocenters. The van der Waals surface area contributed by atoms with Gasteiger partial charge < -0.3 is 5.32 Å². The second kappa shape index (κ2) is 6.23. The average molecular weight is 271 g/mol. The summed E-state index contributed by atoms with van der Waals surface area (Å²) in [4.78, 5) is 0. The molecular weight excluding hydrogens is 246 g/mol. The average Bonchev–Trinajstić information content (AvgIpc) is 2.68. The molecule has 0 radical (unpaired) electrons. The number of aryl methyl sites for hydroxylation is 2. The summed E-state index contributed by atoms with van der Waals surface area (Å²) in [6.07, 6.45) is 1.17. The number of rotatable bonds is 5. The van der Waals surface area contributed by atoms with Gasteiger partial charge in [-0.25, -0.2) is 4.68 Å². The van der Waals surface area contributed by atoms with Crippen molar-refractivity contribution in [2.24, 2.45) is 0 Å². The highest BCUT2D eigenvalue weighted by Gasteiger charge is 2.09. The number of benzene rings is 1. The molecular formula is C17H25N3. The summed E-state index contributed by atoms with van der Waals surface area (Å²) in [5.41, 5.74) is 7.43. The summed E-state index contributed by atoms with van der Waals surface area (Å²) < 4.78 is 2.04. The van der Waals surface area contributed by atoms with E-state index in [-0.39, 0.29) is 0 Å². The number of nitrogens with one attached hydrogen (secondary N) is 1. The Bertz CT molecular complexity index is 597. The van der Waals surface area contributed by atoms with Crippen LogP contribution in [0.4, 0.5) is 0 Å². The Labute approximate surface area is 122 Å². The van der Waals surface area contributed by atoms with E-state index in [1.54, 1.807) is 0 Å². The molecule has 0 aliphatic rings. The minimum atomic E-state index is 0.941. The summed E-state index contributed by atoms with van der Waals surface area (Å²) in [7, 11) is 0. The molecule has 0 amide bonds. The Morgan fingerprint density at radius 3 is 2.45 bits per heavy atom. The van der Waals surface area contributed by atoms with Crippen LogP contribution in [0.15, 0.2) is 18.2 Å². The van der Waals surface area contributed by atoms with Gasteiger partial charge in [-0.2, -0.15) is 5.10 Å². The minimum absolute atomic E-state index is 0.941. The van der Waals surface area contributed by atoms with Gasteiger partial charge in [0.05, 0.1) is 11.4 Å². The zero-order valence-corrected chi connectivity index (χ0v) is 13.2. The van der Waals surface area contributed by atoms with Gasteiger partial charge in [0.1, 0.15) is 0 Å². The fourth-order valence-corrected chi connectivity index (χ4v) is 2.38. The molecule has 3 heteroatoms. The molecule has 1 N–H and O–H groups in total. The maximum absolute atomic E-state index is 4.63. The molecule has 0 bridgehead atoms. The van der Waals surface area contributed by atoms with Gasteiger partial charge in [-0.3, -0.25) is 0 Å². The molecule has 0 aliphatic heterocycles. The second-order valence-corrected chi connectivity index (χ2v) is 5.50. The smallest absolute Gasteiger partial charge is 0.0651 e. The van der Waals surface area contributed by atoms with E-state index in [0.29, 0.717) is 0 Å². The highest BCUT2D eigenvalue weighted by atomic mass is 15.3. The normalized spacial score (nSPS) is 11.1. The lowest BCUT2D eigenvalue weighted by Crippen LogP contribution is -2.14. The summed E-state index contributed by atoms with van der Waals surface area (Å²) in [6.45, 7) is 12.7. The van der Waals surface area contributed by atoms with Gasteiger partial charge in [0, 0.05) is 12.2 Å². The molecule has 3 nitrogen and oxygen atoms in total. The van der Waals surface area contributed by atoms with Crippen molar-refractivity contribution in [2.75, 3.05) is 6.54 Å². The number of hydrogen-bond donors (Lipinski definition) is 1. The standard InChI is InChI=1S/C17H25N3/c1-6-9-18-11-16-7-8-17(10-12(16)2)20-15(5)13(3)14(4)19-20/h7-8,10,18H,6,9,11H2,1-5H3. The van der Waals surface area contributed by atoms with E-state index in [0.717, 1.165) is 24.5 Å². The number of nitrogens with zero attached hydrogens (tertiary/aromatic N) is 2. The Hall–Kier alpha value is -1.61. The molecule has 108 valence electrons. The minimum Gasteiger partial charge on any atom is -0.313 e. The van der Waals surface area contributed by atoms with E-state index in [4.69, 9.17) is 0 Å². The molecule has 1 aromatic carbocycles. The van der Waals surface area contributed by atoms with Crippen LogP contribution in [0.25, 0.3) is 5.69 Å². The van der Waals surface area contributed by atoms with E-state index in [9.17, 15) is 0 Å². The molecule has 20 heavy (non-hydrogen) atoms. The fourth-order valence-electron chi connectivity index (χ4n) is 2.38. The second-order valence-electron chi connectivity index (χ2n) is 5.50. The fraction of sp³-hybridized carbons (Fsp3) is 0.471. The predicted molar refractivity (Wildman–Crippen MR) is 84.5 cm³/mol. The monoisotopic (exact) mass is 271 g/mol. The first kappa shape index (κ1) is 14.8.